The normalized spacial score (nSPS) is 12.9. The summed E-state index contributed by atoms with van der Waals surface area (Å²) < 4.78 is 7.62. The fraction of sp³-hybridized carbons (Fsp3) is 0.273. The first kappa shape index (κ1) is 18.9. The Morgan fingerprint density at radius 3 is 2.42 bits per heavy atom. The average Bonchev–Trinajstić information content (AvgIpc) is 2.61. The summed E-state index contributed by atoms with van der Waals surface area (Å²) in [7, 11) is 4.25. The predicted octanol–water partition coefficient (Wildman–Crippen LogP) is 4.62. The van der Waals surface area contributed by atoms with Crippen molar-refractivity contribution in [1.82, 2.24) is 0 Å². The molecule has 0 saturated heterocycles. The van der Waals surface area contributed by atoms with E-state index in [9.17, 15) is 5.11 Å². The first-order chi connectivity index (χ1) is 12.4. The number of halogens is 1. The van der Waals surface area contributed by atoms with Gasteiger partial charge in [0.2, 0.25) is 0 Å². The zero-order chi connectivity index (χ0) is 18.6. The lowest BCUT2D eigenvalue weighted by molar-refractivity contribution is -0.906. The Bertz CT molecular complexity index is 879. The van der Waals surface area contributed by atoms with Crippen LogP contribution in [0.2, 0.25) is 0 Å². The van der Waals surface area contributed by atoms with Gasteiger partial charge in [-0.2, -0.15) is 0 Å². The van der Waals surface area contributed by atoms with Crippen molar-refractivity contribution in [3.8, 4) is 5.75 Å². The number of ether oxygens (including phenoxy) is 1. The molecular formula is C22H25BrNO2+. The summed E-state index contributed by atoms with van der Waals surface area (Å²) in [5, 5.41) is 12.8. The Hall–Kier alpha value is -1.88. The van der Waals surface area contributed by atoms with E-state index in [-0.39, 0.29) is 6.61 Å². The van der Waals surface area contributed by atoms with Gasteiger partial charge in [-0.05, 0) is 29.0 Å². The molecule has 3 aromatic rings. The average molecular weight is 415 g/mol. The molecular weight excluding hydrogens is 390 g/mol. The van der Waals surface area contributed by atoms with E-state index in [1.165, 1.54) is 10.9 Å². The second kappa shape index (κ2) is 8.21. The SMILES string of the molecule is C[N+](C)(Cc1ccccc1Br)CC(O)COc1ccc2ccccc2c1. The molecule has 1 N–H and O–H groups in total. The van der Waals surface area contributed by atoms with E-state index in [0.29, 0.717) is 11.0 Å². The van der Waals surface area contributed by atoms with Crippen LogP contribution in [-0.2, 0) is 6.54 Å². The summed E-state index contributed by atoms with van der Waals surface area (Å²) in [5.74, 6) is 0.791. The molecule has 0 heterocycles. The fourth-order valence-corrected chi connectivity index (χ4v) is 3.64. The summed E-state index contributed by atoms with van der Waals surface area (Å²) in [6.45, 7) is 1.75. The molecule has 1 atom stereocenters. The highest BCUT2D eigenvalue weighted by Crippen LogP contribution is 2.22. The van der Waals surface area contributed by atoms with Crippen LogP contribution in [0.3, 0.4) is 0 Å². The first-order valence-corrected chi connectivity index (χ1v) is 9.57. The van der Waals surface area contributed by atoms with Crippen LogP contribution in [0.25, 0.3) is 10.8 Å². The van der Waals surface area contributed by atoms with Crippen LogP contribution in [0.4, 0.5) is 0 Å². The van der Waals surface area contributed by atoms with Crippen LogP contribution in [0.5, 0.6) is 5.75 Å². The van der Waals surface area contributed by atoms with Gasteiger partial charge >= 0.3 is 0 Å². The van der Waals surface area contributed by atoms with E-state index in [1.807, 2.05) is 42.5 Å². The zero-order valence-corrected chi connectivity index (χ0v) is 16.8. The summed E-state index contributed by atoms with van der Waals surface area (Å²) >= 11 is 3.60. The lowest BCUT2D eigenvalue weighted by atomic mass is 10.1. The lowest BCUT2D eigenvalue weighted by Crippen LogP contribution is -2.46. The van der Waals surface area contributed by atoms with E-state index in [0.717, 1.165) is 22.2 Å². The van der Waals surface area contributed by atoms with Crippen LogP contribution in [0, 0.1) is 0 Å². The number of aliphatic hydroxyl groups excluding tert-OH is 1. The largest absolute Gasteiger partial charge is 0.491 e. The van der Waals surface area contributed by atoms with Gasteiger partial charge in [0.25, 0.3) is 0 Å². The maximum absolute atomic E-state index is 10.5. The van der Waals surface area contributed by atoms with Crippen LogP contribution >= 0.6 is 15.9 Å². The van der Waals surface area contributed by atoms with Gasteiger partial charge in [-0.25, -0.2) is 0 Å². The molecule has 0 aliphatic carbocycles. The number of aliphatic hydroxyl groups is 1. The van der Waals surface area contributed by atoms with E-state index >= 15 is 0 Å². The molecule has 136 valence electrons. The van der Waals surface area contributed by atoms with Crippen molar-refractivity contribution in [1.29, 1.82) is 0 Å². The number of quaternary nitrogens is 1. The van der Waals surface area contributed by atoms with Crippen LogP contribution in [-0.4, -0.2) is 42.9 Å². The Kier molecular flexibility index (Phi) is 5.97. The maximum atomic E-state index is 10.5. The van der Waals surface area contributed by atoms with Crippen molar-refractivity contribution >= 4 is 26.7 Å². The van der Waals surface area contributed by atoms with Crippen molar-refractivity contribution in [2.45, 2.75) is 12.6 Å². The number of rotatable bonds is 7. The smallest absolute Gasteiger partial charge is 0.137 e. The summed E-state index contributed by atoms with van der Waals surface area (Å²) in [6.07, 6.45) is -0.529. The third kappa shape index (κ3) is 5.07. The molecule has 3 rings (SSSR count). The topological polar surface area (TPSA) is 29.5 Å². The summed E-state index contributed by atoms with van der Waals surface area (Å²) in [4.78, 5) is 0. The lowest BCUT2D eigenvalue weighted by Gasteiger charge is -2.32. The van der Waals surface area contributed by atoms with E-state index in [2.05, 4.69) is 54.3 Å². The fourth-order valence-electron chi connectivity index (χ4n) is 3.23. The quantitative estimate of drug-likeness (QED) is 0.571. The Morgan fingerprint density at radius 1 is 0.962 bits per heavy atom. The molecule has 0 amide bonds. The molecule has 0 aliphatic heterocycles. The predicted molar refractivity (Wildman–Crippen MR) is 110 cm³/mol. The minimum Gasteiger partial charge on any atom is -0.491 e. The highest BCUT2D eigenvalue weighted by Gasteiger charge is 2.22. The van der Waals surface area contributed by atoms with Gasteiger partial charge < -0.3 is 14.3 Å². The molecule has 26 heavy (non-hydrogen) atoms. The number of hydrogen-bond acceptors (Lipinski definition) is 2. The standard InChI is InChI=1S/C22H25BrNO2/c1-24(2,14-19-9-5-6-10-22(19)23)15-20(25)16-26-21-12-11-17-7-3-4-8-18(17)13-21/h3-13,20,25H,14-16H2,1-2H3/q+1. The Morgan fingerprint density at radius 2 is 1.65 bits per heavy atom. The molecule has 3 nitrogen and oxygen atoms in total. The molecule has 0 bridgehead atoms. The summed E-state index contributed by atoms with van der Waals surface area (Å²) in [6, 6.07) is 22.4. The molecule has 0 spiro atoms. The number of benzene rings is 3. The molecule has 1 unspecified atom stereocenters. The van der Waals surface area contributed by atoms with Crippen molar-refractivity contribution in [3.63, 3.8) is 0 Å². The molecule has 3 aromatic carbocycles. The summed E-state index contributed by atoms with van der Waals surface area (Å²) in [5.41, 5.74) is 1.24. The van der Waals surface area contributed by atoms with Gasteiger partial charge in [-0.1, -0.05) is 64.5 Å². The van der Waals surface area contributed by atoms with E-state index in [4.69, 9.17) is 4.74 Å². The van der Waals surface area contributed by atoms with Gasteiger partial charge in [-0.3, -0.25) is 0 Å². The van der Waals surface area contributed by atoms with E-state index < -0.39 is 6.10 Å². The maximum Gasteiger partial charge on any atom is 0.137 e. The van der Waals surface area contributed by atoms with Gasteiger partial charge in [0.15, 0.2) is 0 Å². The highest BCUT2D eigenvalue weighted by molar-refractivity contribution is 9.10. The molecule has 0 fully saturated rings. The second-order valence-corrected chi connectivity index (χ2v) is 8.20. The molecule has 0 radical (unpaired) electrons. The van der Waals surface area contributed by atoms with Crippen molar-refractivity contribution < 1.29 is 14.3 Å². The van der Waals surface area contributed by atoms with Crippen molar-refractivity contribution in [3.05, 3.63) is 76.8 Å². The molecule has 0 saturated carbocycles. The third-order valence-electron chi connectivity index (χ3n) is 4.42. The Balaban J connectivity index is 1.57. The van der Waals surface area contributed by atoms with Crippen LogP contribution in [0.1, 0.15) is 5.56 Å². The molecule has 0 aliphatic rings. The van der Waals surface area contributed by atoms with Crippen molar-refractivity contribution in [2.75, 3.05) is 27.2 Å². The van der Waals surface area contributed by atoms with Gasteiger partial charge in [0.1, 0.15) is 31.5 Å². The van der Waals surface area contributed by atoms with Gasteiger partial charge in [-0.15, -0.1) is 0 Å². The Labute approximate surface area is 163 Å². The number of nitrogens with zero attached hydrogens (tertiary/aromatic N) is 1. The molecule has 0 aromatic heterocycles. The first-order valence-electron chi connectivity index (χ1n) is 8.78. The number of fused-ring (bicyclic) bond motifs is 1. The number of likely N-dealkylation sites (N-methyl/N-ethyl adjacent to an activating group) is 1. The van der Waals surface area contributed by atoms with E-state index in [1.54, 1.807) is 0 Å². The minimum absolute atomic E-state index is 0.288. The number of hydrogen-bond donors (Lipinski definition) is 1. The van der Waals surface area contributed by atoms with Gasteiger partial charge in [0.05, 0.1) is 14.1 Å². The molecule has 4 heteroatoms. The van der Waals surface area contributed by atoms with Crippen molar-refractivity contribution in [2.24, 2.45) is 0 Å². The second-order valence-electron chi connectivity index (χ2n) is 7.34. The minimum atomic E-state index is -0.529. The third-order valence-corrected chi connectivity index (χ3v) is 5.20. The van der Waals surface area contributed by atoms with Gasteiger partial charge in [0, 0.05) is 10.0 Å². The van der Waals surface area contributed by atoms with Crippen LogP contribution in [0.15, 0.2) is 71.2 Å². The monoisotopic (exact) mass is 414 g/mol. The zero-order valence-electron chi connectivity index (χ0n) is 15.2. The highest BCUT2D eigenvalue weighted by atomic mass is 79.9. The van der Waals surface area contributed by atoms with Crippen LogP contribution < -0.4 is 4.74 Å².